The molecular weight excluding hydrogens is 340 g/mol. The van der Waals surface area contributed by atoms with E-state index in [-0.39, 0.29) is 5.56 Å². The maximum atomic E-state index is 12.8. The monoisotopic (exact) mass is 362 g/mol. The van der Waals surface area contributed by atoms with Gasteiger partial charge in [-0.1, -0.05) is 44.2 Å². The minimum Gasteiger partial charge on any atom is -0.332 e. The fourth-order valence-electron chi connectivity index (χ4n) is 3.23. The number of nitrogens with zero attached hydrogens (tertiary/aromatic N) is 5. The van der Waals surface area contributed by atoms with Crippen molar-refractivity contribution in [2.24, 2.45) is 0 Å². The fraction of sp³-hybridized carbons (Fsp3) is 0.300. The Hall–Kier alpha value is -3.22. The van der Waals surface area contributed by atoms with Gasteiger partial charge in [0.15, 0.2) is 11.2 Å². The quantitative estimate of drug-likeness (QED) is 0.572. The zero-order valence-corrected chi connectivity index (χ0v) is 15.5. The number of rotatable bonds is 6. The third-order valence-electron chi connectivity index (χ3n) is 4.55. The Kier molecular flexibility index (Phi) is 4.58. The Morgan fingerprint density at radius 2 is 1.93 bits per heavy atom. The van der Waals surface area contributed by atoms with Gasteiger partial charge in [0, 0.05) is 19.2 Å². The van der Waals surface area contributed by atoms with E-state index in [1.165, 1.54) is 5.56 Å². The van der Waals surface area contributed by atoms with Crippen molar-refractivity contribution in [2.45, 2.75) is 39.8 Å². The highest BCUT2D eigenvalue weighted by molar-refractivity contribution is 5.74. The molecule has 0 saturated carbocycles. The Labute approximate surface area is 156 Å². The number of aromatic amines is 1. The SMILES string of the molecule is CCCn1c(CC)nc2nc(-c3cnn(Cc4ccccc4)c3)[nH]c2c1=O. The minimum absolute atomic E-state index is 0.0610. The Morgan fingerprint density at radius 1 is 1.11 bits per heavy atom. The van der Waals surface area contributed by atoms with Crippen LogP contribution in [-0.2, 0) is 19.5 Å². The van der Waals surface area contributed by atoms with Gasteiger partial charge in [-0.15, -0.1) is 0 Å². The summed E-state index contributed by atoms with van der Waals surface area (Å²) in [6.07, 6.45) is 5.26. The predicted octanol–water partition coefficient (Wildman–Crippen LogP) is 3.00. The van der Waals surface area contributed by atoms with E-state index < -0.39 is 0 Å². The molecule has 138 valence electrons. The summed E-state index contributed by atoms with van der Waals surface area (Å²) in [5.74, 6) is 1.39. The van der Waals surface area contributed by atoms with Crippen molar-refractivity contribution in [2.75, 3.05) is 0 Å². The highest BCUT2D eigenvalue weighted by Crippen LogP contribution is 2.18. The molecule has 7 nitrogen and oxygen atoms in total. The second-order valence-corrected chi connectivity index (χ2v) is 6.53. The lowest BCUT2D eigenvalue weighted by atomic mass is 10.2. The highest BCUT2D eigenvalue weighted by Gasteiger charge is 2.15. The Bertz CT molecular complexity index is 1120. The van der Waals surface area contributed by atoms with Gasteiger partial charge in [0.1, 0.15) is 11.6 Å². The molecule has 0 aliphatic heterocycles. The topological polar surface area (TPSA) is 81.4 Å². The lowest BCUT2D eigenvalue weighted by Crippen LogP contribution is -2.25. The molecule has 0 aliphatic rings. The number of hydrogen-bond acceptors (Lipinski definition) is 4. The van der Waals surface area contributed by atoms with Gasteiger partial charge < -0.3 is 4.98 Å². The average molecular weight is 362 g/mol. The first-order chi connectivity index (χ1) is 13.2. The molecule has 4 rings (SSSR count). The van der Waals surface area contributed by atoms with Crippen LogP contribution in [0.15, 0.2) is 47.5 Å². The summed E-state index contributed by atoms with van der Waals surface area (Å²) in [5.41, 5.74) is 2.87. The smallest absolute Gasteiger partial charge is 0.279 e. The molecule has 7 heteroatoms. The summed E-state index contributed by atoms with van der Waals surface area (Å²) in [6.45, 7) is 5.40. The Morgan fingerprint density at radius 3 is 2.67 bits per heavy atom. The van der Waals surface area contributed by atoms with Crippen LogP contribution in [0.25, 0.3) is 22.6 Å². The molecule has 0 aliphatic carbocycles. The molecule has 3 heterocycles. The molecule has 0 radical (unpaired) electrons. The molecule has 0 spiro atoms. The number of H-pyrrole nitrogens is 1. The molecule has 0 bridgehead atoms. The van der Waals surface area contributed by atoms with Crippen LogP contribution in [0, 0.1) is 0 Å². The highest BCUT2D eigenvalue weighted by atomic mass is 16.1. The molecule has 27 heavy (non-hydrogen) atoms. The summed E-state index contributed by atoms with van der Waals surface area (Å²) in [7, 11) is 0. The van der Waals surface area contributed by atoms with E-state index in [0.717, 1.165) is 17.8 Å². The second kappa shape index (κ2) is 7.19. The molecule has 0 unspecified atom stereocenters. The minimum atomic E-state index is -0.0610. The average Bonchev–Trinajstić information content (AvgIpc) is 3.32. The van der Waals surface area contributed by atoms with Gasteiger partial charge in [0.25, 0.3) is 5.56 Å². The van der Waals surface area contributed by atoms with Crippen LogP contribution < -0.4 is 5.56 Å². The predicted molar refractivity (Wildman–Crippen MR) is 105 cm³/mol. The number of nitrogens with one attached hydrogen (secondary N) is 1. The Balaban J connectivity index is 1.70. The summed E-state index contributed by atoms with van der Waals surface area (Å²) < 4.78 is 3.60. The molecule has 3 aromatic heterocycles. The molecule has 1 aromatic carbocycles. The van der Waals surface area contributed by atoms with E-state index >= 15 is 0 Å². The first-order valence-corrected chi connectivity index (χ1v) is 9.25. The maximum absolute atomic E-state index is 12.8. The van der Waals surface area contributed by atoms with Crippen LogP contribution in [0.5, 0.6) is 0 Å². The van der Waals surface area contributed by atoms with Crippen LogP contribution >= 0.6 is 0 Å². The summed E-state index contributed by atoms with van der Waals surface area (Å²) in [4.78, 5) is 25.1. The van der Waals surface area contributed by atoms with Crippen molar-refractivity contribution in [3.05, 3.63) is 64.5 Å². The second-order valence-electron chi connectivity index (χ2n) is 6.53. The van der Waals surface area contributed by atoms with Gasteiger partial charge in [0.05, 0.1) is 18.3 Å². The first-order valence-electron chi connectivity index (χ1n) is 9.25. The zero-order valence-electron chi connectivity index (χ0n) is 15.5. The van der Waals surface area contributed by atoms with E-state index in [9.17, 15) is 4.79 Å². The van der Waals surface area contributed by atoms with E-state index in [1.807, 2.05) is 36.0 Å². The van der Waals surface area contributed by atoms with Crippen LogP contribution in [-0.4, -0.2) is 29.3 Å². The maximum Gasteiger partial charge on any atom is 0.279 e. The van der Waals surface area contributed by atoms with Gasteiger partial charge in [-0.2, -0.15) is 5.10 Å². The van der Waals surface area contributed by atoms with Crippen molar-refractivity contribution in [1.29, 1.82) is 0 Å². The van der Waals surface area contributed by atoms with Gasteiger partial charge in [-0.25, -0.2) is 9.97 Å². The number of benzene rings is 1. The number of aryl methyl sites for hydroxylation is 1. The van der Waals surface area contributed by atoms with Crippen LogP contribution in [0.4, 0.5) is 0 Å². The first kappa shape index (κ1) is 17.2. The molecular formula is C20H22N6O. The largest absolute Gasteiger partial charge is 0.332 e. The molecule has 0 saturated heterocycles. The standard InChI is InChI=1S/C20H22N6O/c1-3-10-26-16(4-2)22-19-17(20(26)27)23-18(24-19)15-11-21-25(13-15)12-14-8-6-5-7-9-14/h5-9,11,13H,3-4,10,12H2,1-2H3,(H,23,24). The van der Waals surface area contributed by atoms with Crippen molar-refractivity contribution in [3.8, 4) is 11.4 Å². The number of imidazole rings is 1. The third-order valence-corrected chi connectivity index (χ3v) is 4.55. The van der Waals surface area contributed by atoms with Gasteiger partial charge in [-0.3, -0.25) is 14.0 Å². The van der Waals surface area contributed by atoms with Crippen molar-refractivity contribution >= 4 is 11.2 Å². The van der Waals surface area contributed by atoms with Crippen molar-refractivity contribution < 1.29 is 0 Å². The van der Waals surface area contributed by atoms with Crippen molar-refractivity contribution in [1.82, 2.24) is 29.3 Å². The van der Waals surface area contributed by atoms with Gasteiger partial charge >= 0.3 is 0 Å². The fourth-order valence-corrected chi connectivity index (χ4v) is 3.23. The number of aromatic nitrogens is 6. The lowest BCUT2D eigenvalue weighted by molar-refractivity contribution is 0.609. The van der Waals surface area contributed by atoms with E-state index in [4.69, 9.17) is 0 Å². The number of fused-ring (bicyclic) bond motifs is 1. The summed E-state index contributed by atoms with van der Waals surface area (Å²) in [5, 5.41) is 4.41. The molecule has 0 fully saturated rings. The summed E-state index contributed by atoms with van der Waals surface area (Å²) in [6, 6.07) is 10.1. The lowest BCUT2D eigenvalue weighted by Gasteiger charge is -2.08. The molecule has 4 aromatic rings. The zero-order chi connectivity index (χ0) is 18.8. The molecule has 1 N–H and O–H groups in total. The van der Waals surface area contributed by atoms with E-state index in [2.05, 4.69) is 39.1 Å². The number of hydrogen-bond donors (Lipinski definition) is 1. The van der Waals surface area contributed by atoms with E-state index in [1.54, 1.807) is 10.8 Å². The van der Waals surface area contributed by atoms with Gasteiger partial charge in [0.2, 0.25) is 0 Å². The van der Waals surface area contributed by atoms with Crippen LogP contribution in [0.3, 0.4) is 0 Å². The van der Waals surface area contributed by atoms with E-state index in [0.29, 0.717) is 36.5 Å². The molecule has 0 amide bonds. The molecule has 0 atom stereocenters. The summed E-state index contributed by atoms with van der Waals surface area (Å²) >= 11 is 0. The van der Waals surface area contributed by atoms with Crippen LogP contribution in [0.2, 0.25) is 0 Å². The van der Waals surface area contributed by atoms with Crippen molar-refractivity contribution in [3.63, 3.8) is 0 Å². The van der Waals surface area contributed by atoms with Gasteiger partial charge in [-0.05, 0) is 12.0 Å². The normalized spacial score (nSPS) is 11.3. The third kappa shape index (κ3) is 3.28. The van der Waals surface area contributed by atoms with Crippen LogP contribution in [0.1, 0.15) is 31.7 Å².